The topological polar surface area (TPSA) is 72.3 Å². The van der Waals surface area contributed by atoms with Gasteiger partial charge in [-0.15, -0.1) is 5.10 Å². The number of carboxylic acids is 1. The Labute approximate surface area is 113 Å². The predicted octanol–water partition coefficient (Wildman–Crippen LogP) is 2.63. The van der Waals surface area contributed by atoms with Crippen molar-refractivity contribution in [3.63, 3.8) is 0 Å². The lowest BCUT2D eigenvalue weighted by Crippen LogP contribution is -2.17. The highest BCUT2D eigenvalue weighted by atomic mass is 19.4. The number of carboxylic acid groups (broad SMARTS) is 1. The first-order valence-electron chi connectivity index (χ1n) is 6.11. The summed E-state index contributed by atoms with van der Waals surface area (Å²) < 4.78 is 41.0. The summed E-state index contributed by atoms with van der Waals surface area (Å²) in [7, 11) is 0. The number of nitrogens with zero attached hydrogens (tertiary/aromatic N) is 2. The number of carbonyl (C=O) groups is 1. The van der Waals surface area contributed by atoms with Gasteiger partial charge in [-0.25, -0.2) is 4.79 Å². The Morgan fingerprint density at radius 1 is 1.25 bits per heavy atom. The minimum atomic E-state index is -4.37. The quantitative estimate of drug-likeness (QED) is 0.872. The fourth-order valence-electron chi connectivity index (χ4n) is 1.74. The molecular formula is C12H15F3N2O3. The highest BCUT2D eigenvalue weighted by Gasteiger charge is 2.28. The fraction of sp³-hybridized carbons (Fsp3) is 0.583. The predicted molar refractivity (Wildman–Crippen MR) is 63.9 cm³/mol. The lowest BCUT2D eigenvalue weighted by molar-refractivity contribution is -0.139. The molecule has 8 heteroatoms. The highest BCUT2D eigenvalue weighted by Crippen LogP contribution is 2.24. The van der Waals surface area contributed by atoms with Crippen molar-refractivity contribution in [3.05, 3.63) is 16.8 Å². The van der Waals surface area contributed by atoms with Crippen molar-refractivity contribution in [2.75, 3.05) is 6.61 Å². The molecule has 1 heterocycles. The summed E-state index contributed by atoms with van der Waals surface area (Å²) in [5.41, 5.74) is 0.742. The van der Waals surface area contributed by atoms with Crippen LogP contribution in [0.1, 0.15) is 41.9 Å². The molecule has 0 aliphatic heterocycles. The van der Waals surface area contributed by atoms with Gasteiger partial charge in [-0.1, -0.05) is 13.8 Å². The first-order valence-corrected chi connectivity index (χ1v) is 6.11. The van der Waals surface area contributed by atoms with Crippen molar-refractivity contribution in [1.29, 1.82) is 0 Å². The molecule has 0 fully saturated rings. The maximum Gasteiger partial charge on any atom is 0.392 e. The Kier molecular flexibility index (Phi) is 5.29. The van der Waals surface area contributed by atoms with E-state index in [1.54, 1.807) is 13.8 Å². The van der Waals surface area contributed by atoms with Crippen LogP contribution in [0.5, 0.6) is 5.88 Å². The van der Waals surface area contributed by atoms with Gasteiger partial charge in [0.25, 0.3) is 0 Å². The van der Waals surface area contributed by atoms with Crippen LogP contribution in [0.3, 0.4) is 0 Å². The third-order valence-electron chi connectivity index (χ3n) is 2.65. The summed E-state index contributed by atoms with van der Waals surface area (Å²) in [4.78, 5) is 11.3. The van der Waals surface area contributed by atoms with Gasteiger partial charge < -0.3 is 9.84 Å². The first-order chi connectivity index (χ1) is 9.30. The fourth-order valence-corrected chi connectivity index (χ4v) is 1.74. The van der Waals surface area contributed by atoms with E-state index in [1.807, 2.05) is 0 Å². The van der Waals surface area contributed by atoms with Crippen molar-refractivity contribution >= 4 is 5.97 Å². The maximum absolute atomic E-state index is 12.0. The van der Waals surface area contributed by atoms with Crippen molar-refractivity contribution < 1.29 is 27.8 Å². The van der Waals surface area contributed by atoms with E-state index in [0.29, 0.717) is 24.1 Å². The van der Waals surface area contributed by atoms with E-state index >= 15 is 0 Å². The number of ether oxygens (including phenoxy) is 1. The van der Waals surface area contributed by atoms with Crippen LogP contribution in [0, 0.1) is 0 Å². The molecule has 0 unspecified atom stereocenters. The summed E-state index contributed by atoms with van der Waals surface area (Å²) in [6.07, 6.45) is -4.67. The van der Waals surface area contributed by atoms with Crippen molar-refractivity contribution in [2.45, 2.75) is 39.3 Å². The van der Waals surface area contributed by atoms with Crippen molar-refractivity contribution in [2.24, 2.45) is 0 Å². The third-order valence-corrected chi connectivity index (χ3v) is 2.65. The lowest BCUT2D eigenvalue weighted by atomic mass is 10.0. The van der Waals surface area contributed by atoms with Crippen LogP contribution in [0.15, 0.2) is 0 Å². The molecule has 0 radical (unpaired) electrons. The zero-order valence-electron chi connectivity index (χ0n) is 11.1. The number of aromatic carboxylic acids is 1. The molecule has 0 bridgehead atoms. The Hall–Kier alpha value is -1.86. The van der Waals surface area contributed by atoms with Gasteiger partial charge in [-0.3, -0.25) is 0 Å². The summed E-state index contributed by atoms with van der Waals surface area (Å²) in [5, 5.41) is 16.6. The summed E-state index contributed by atoms with van der Waals surface area (Å²) in [5.74, 6) is -1.65. The van der Waals surface area contributed by atoms with Crippen molar-refractivity contribution in [3.8, 4) is 5.88 Å². The molecule has 0 aliphatic carbocycles. The Balaban J connectivity index is 3.04. The van der Waals surface area contributed by atoms with Gasteiger partial charge in [0, 0.05) is 0 Å². The molecule has 1 rings (SSSR count). The molecule has 0 spiro atoms. The van der Waals surface area contributed by atoms with E-state index in [1.165, 1.54) is 0 Å². The number of alkyl halides is 3. The summed E-state index contributed by atoms with van der Waals surface area (Å²) >= 11 is 0. The van der Waals surface area contributed by atoms with Gasteiger partial charge in [0.1, 0.15) is 5.56 Å². The second kappa shape index (κ2) is 6.53. The Morgan fingerprint density at radius 3 is 2.35 bits per heavy atom. The van der Waals surface area contributed by atoms with Gasteiger partial charge in [0.15, 0.2) is 0 Å². The Morgan fingerprint density at radius 2 is 1.90 bits per heavy atom. The molecular weight excluding hydrogens is 277 g/mol. The van der Waals surface area contributed by atoms with Crippen LogP contribution in [-0.2, 0) is 12.8 Å². The zero-order valence-corrected chi connectivity index (χ0v) is 11.1. The van der Waals surface area contributed by atoms with E-state index in [-0.39, 0.29) is 11.4 Å². The first kappa shape index (κ1) is 16.2. The number of aryl methyl sites for hydroxylation is 1. The smallest absolute Gasteiger partial charge is 0.392 e. The van der Waals surface area contributed by atoms with Crippen LogP contribution < -0.4 is 4.74 Å². The lowest BCUT2D eigenvalue weighted by Gasteiger charge is -2.13. The van der Waals surface area contributed by atoms with E-state index in [0.717, 1.165) is 0 Å². The van der Waals surface area contributed by atoms with E-state index in [9.17, 15) is 23.1 Å². The highest BCUT2D eigenvalue weighted by molar-refractivity contribution is 5.92. The third kappa shape index (κ3) is 4.07. The molecule has 0 atom stereocenters. The largest absolute Gasteiger partial charge is 0.477 e. The number of hydrogen-bond donors (Lipinski definition) is 1. The summed E-state index contributed by atoms with van der Waals surface area (Å²) in [6, 6.07) is 0. The molecule has 5 nitrogen and oxygen atoms in total. The minimum Gasteiger partial charge on any atom is -0.477 e. The molecule has 1 N–H and O–H groups in total. The van der Waals surface area contributed by atoms with Gasteiger partial charge in [-0.2, -0.15) is 18.3 Å². The van der Waals surface area contributed by atoms with Crippen LogP contribution in [0.25, 0.3) is 0 Å². The molecule has 0 saturated carbocycles. The molecule has 1 aromatic rings. The Bertz CT molecular complexity index is 490. The SMILES string of the molecule is CCc1nnc(OCCC(F)(F)F)c(C(=O)O)c1CC. The standard InChI is InChI=1S/C12H15F3N2O3/c1-3-7-8(4-2)16-17-10(9(7)11(18)19)20-6-5-12(13,14)15/h3-6H2,1-2H3,(H,18,19). The normalized spacial score (nSPS) is 11.4. The number of halogens is 3. The zero-order chi connectivity index (χ0) is 15.3. The van der Waals surface area contributed by atoms with Gasteiger partial charge >= 0.3 is 12.1 Å². The number of rotatable bonds is 6. The molecule has 0 amide bonds. The average Bonchev–Trinajstić information content (AvgIpc) is 2.35. The van der Waals surface area contributed by atoms with Crippen LogP contribution in [0.4, 0.5) is 13.2 Å². The number of aromatic nitrogens is 2. The molecule has 0 aromatic carbocycles. The minimum absolute atomic E-state index is 0.207. The van der Waals surface area contributed by atoms with Gasteiger partial charge in [0.05, 0.1) is 18.7 Å². The van der Waals surface area contributed by atoms with Crippen LogP contribution in [-0.4, -0.2) is 34.1 Å². The average molecular weight is 292 g/mol. The van der Waals surface area contributed by atoms with E-state index < -0.39 is 25.2 Å². The van der Waals surface area contributed by atoms with E-state index in [2.05, 4.69) is 10.2 Å². The molecule has 20 heavy (non-hydrogen) atoms. The van der Waals surface area contributed by atoms with Crippen LogP contribution in [0.2, 0.25) is 0 Å². The molecule has 1 aromatic heterocycles. The van der Waals surface area contributed by atoms with Gasteiger partial charge in [-0.05, 0) is 18.4 Å². The molecule has 0 saturated heterocycles. The van der Waals surface area contributed by atoms with Gasteiger partial charge in [0.2, 0.25) is 5.88 Å². The summed E-state index contributed by atoms with van der Waals surface area (Å²) in [6.45, 7) is 2.84. The second-order valence-corrected chi connectivity index (χ2v) is 4.03. The van der Waals surface area contributed by atoms with Crippen LogP contribution >= 0.6 is 0 Å². The number of hydrogen-bond acceptors (Lipinski definition) is 4. The molecule has 112 valence electrons. The maximum atomic E-state index is 12.0. The second-order valence-electron chi connectivity index (χ2n) is 4.03. The monoisotopic (exact) mass is 292 g/mol. The molecule has 0 aliphatic rings. The van der Waals surface area contributed by atoms with Crippen molar-refractivity contribution in [1.82, 2.24) is 10.2 Å². The van der Waals surface area contributed by atoms with E-state index in [4.69, 9.17) is 4.74 Å².